The van der Waals surface area contributed by atoms with E-state index in [1.807, 2.05) is 0 Å². The predicted octanol–water partition coefficient (Wildman–Crippen LogP) is 0.832. The van der Waals surface area contributed by atoms with Gasteiger partial charge in [-0.1, -0.05) is 11.8 Å². The molecular formula is C12H10N2O4S. The molecule has 0 fully saturated rings. The van der Waals surface area contributed by atoms with Crippen LogP contribution < -0.4 is 5.32 Å². The molecular weight excluding hydrogens is 268 g/mol. The fourth-order valence-electron chi connectivity index (χ4n) is 1.42. The molecule has 0 bridgehead atoms. The Balaban J connectivity index is 2.06. The molecule has 0 saturated heterocycles. The number of ether oxygens (including phenoxy) is 1. The minimum Gasteiger partial charge on any atom is -0.465 e. The van der Waals surface area contributed by atoms with Crippen LogP contribution in [0.3, 0.4) is 0 Å². The van der Waals surface area contributed by atoms with Crippen molar-refractivity contribution in [1.29, 1.82) is 0 Å². The van der Waals surface area contributed by atoms with Gasteiger partial charge in [-0.05, 0) is 24.3 Å². The van der Waals surface area contributed by atoms with Crippen molar-refractivity contribution in [3.8, 4) is 0 Å². The second kappa shape index (κ2) is 5.66. The first-order chi connectivity index (χ1) is 9.10. The standard InChI is InChI=1S/C12H10N2O4S/c1-18-11(17)8-4-2-7(3-5-8)10(16)14-12-13-9(15)6-19-12/h2-5H,6H2,1H3,(H,13,14,15,16). The molecule has 1 N–H and O–H groups in total. The van der Waals surface area contributed by atoms with Crippen LogP contribution in [0.25, 0.3) is 0 Å². The van der Waals surface area contributed by atoms with Gasteiger partial charge in [-0.3, -0.25) is 9.59 Å². The lowest BCUT2D eigenvalue weighted by atomic mass is 10.1. The van der Waals surface area contributed by atoms with Gasteiger partial charge in [0.25, 0.3) is 11.8 Å². The highest BCUT2D eigenvalue weighted by Crippen LogP contribution is 2.12. The Morgan fingerprint density at radius 1 is 1.26 bits per heavy atom. The van der Waals surface area contributed by atoms with Crippen LogP contribution >= 0.6 is 11.8 Å². The van der Waals surface area contributed by atoms with Gasteiger partial charge < -0.3 is 10.1 Å². The minimum atomic E-state index is -0.465. The van der Waals surface area contributed by atoms with E-state index in [1.165, 1.54) is 43.1 Å². The molecule has 1 aliphatic rings. The third-order valence-electron chi connectivity index (χ3n) is 2.35. The van der Waals surface area contributed by atoms with Crippen LogP contribution in [0.1, 0.15) is 20.7 Å². The Bertz CT molecular complexity index is 566. The van der Waals surface area contributed by atoms with Crippen LogP contribution in [-0.2, 0) is 9.53 Å². The maximum Gasteiger partial charge on any atom is 0.337 e. The average molecular weight is 278 g/mol. The molecule has 0 spiro atoms. The lowest BCUT2D eigenvalue weighted by Crippen LogP contribution is -2.27. The van der Waals surface area contributed by atoms with E-state index in [-0.39, 0.29) is 17.6 Å². The highest BCUT2D eigenvalue weighted by Gasteiger charge is 2.17. The number of amides is 2. The zero-order valence-corrected chi connectivity index (χ0v) is 10.8. The number of rotatable bonds is 2. The Morgan fingerprint density at radius 2 is 1.89 bits per heavy atom. The fraction of sp³-hybridized carbons (Fsp3) is 0.167. The molecule has 0 atom stereocenters. The summed E-state index contributed by atoms with van der Waals surface area (Å²) in [6, 6.07) is 6.00. The summed E-state index contributed by atoms with van der Waals surface area (Å²) in [5.41, 5.74) is 0.733. The van der Waals surface area contributed by atoms with Gasteiger partial charge in [-0.15, -0.1) is 0 Å². The van der Waals surface area contributed by atoms with Crippen LogP contribution in [0.5, 0.6) is 0 Å². The molecule has 2 amide bonds. The Kier molecular flexibility index (Phi) is 3.96. The molecule has 98 valence electrons. The summed E-state index contributed by atoms with van der Waals surface area (Å²) in [7, 11) is 1.29. The summed E-state index contributed by atoms with van der Waals surface area (Å²) >= 11 is 1.18. The lowest BCUT2D eigenvalue weighted by molar-refractivity contribution is -0.115. The number of benzene rings is 1. The zero-order chi connectivity index (χ0) is 13.8. The van der Waals surface area contributed by atoms with Gasteiger partial charge in [0.05, 0.1) is 18.4 Å². The van der Waals surface area contributed by atoms with Crippen molar-refractivity contribution in [1.82, 2.24) is 5.32 Å². The van der Waals surface area contributed by atoms with Gasteiger partial charge in [0.2, 0.25) is 0 Å². The number of methoxy groups -OCH3 is 1. The Labute approximate surface area is 113 Å². The molecule has 1 aromatic rings. The smallest absolute Gasteiger partial charge is 0.337 e. The molecule has 6 nitrogen and oxygen atoms in total. The number of hydrogen-bond donors (Lipinski definition) is 1. The van der Waals surface area contributed by atoms with E-state index < -0.39 is 5.97 Å². The second-order valence-electron chi connectivity index (χ2n) is 3.62. The number of carbonyl (C=O) groups is 3. The topological polar surface area (TPSA) is 84.8 Å². The van der Waals surface area contributed by atoms with Crippen molar-refractivity contribution in [3.63, 3.8) is 0 Å². The summed E-state index contributed by atoms with van der Waals surface area (Å²) < 4.78 is 4.56. The van der Waals surface area contributed by atoms with E-state index in [0.29, 0.717) is 16.3 Å². The molecule has 19 heavy (non-hydrogen) atoms. The summed E-state index contributed by atoms with van der Waals surface area (Å²) in [5, 5.41) is 2.82. The molecule has 0 saturated carbocycles. The number of thioether (sulfide) groups is 1. The highest BCUT2D eigenvalue weighted by atomic mass is 32.2. The predicted molar refractivity (Wildman–Crippen MR) is 70.1 cm³/mol. The summed E-state index contributed by atoms with van der Waals surface area (Å²) in [6.45, 7) is 0. The summed E-state index contributed by atoms with van der Waals surface area (Å²) in [5.74, 6) is -0.858. The van der Waals surface area contributed by atoms with Crippen molar-refractivity contribution in [3.05, 3.63) is 35.4 Å². The highest BCUT2D eigenvalue weighted by molar-refractivity contribution is 8.14. The van der Waals surface area contributed by atoms with Crippen molar-refractivity contribution < 1.29 is 19.1 Å². The molecule has 0 aliphatic carbocycles. The first-order valence-corrected chi connectivity index (χ1v) is 6.33. The third-order valence-corrected chi connectivity index (χ3v) is 3.21. The molecule has 1 aliphatic heterocycles. The van der Waals surface area contributed by atoms with Crippen molar-refractivity contribution in [2.24, 2.45) is 4.99 Å². The molecule has 0 aromatic heterocycles. The largest absolute Gasteiger partial charge is 0.465 e. The first kappa shape index (κ1) is 13.3. The molecule has 1 aromatic carbocycles. The summed E-state index contributed by atoms with van der Waals surface area (Å²) in [4.78, 5) is 37.6. The van der Waals surface area contributed by atoms with Gasteiger partial charge in [0.15, 0.2) is 5.17 Å². The normalized spacial score (nSPS) is 13.9. The first-order valence-electron chi connectivity index (χ1n) is 5.34. The van der Waals surface area contributed by atoms with Crippen LogP contribution in [0.15, 0.2) is 29.3 Å². The zero-order valence-electron chi connectivity index (χ0n) is 10.0. The number of aliphatic imine (C=N–C) groups is 1. The number of carbonyl (C=O) groups excluding carboxylic acids is 3. The van der Waals surface area contributed by atoms with E-state index in [0.717, 1.165) is 0 Å². The quantitative estimate of drug-likeness (QED) is 0.810. The van der Waals surface area contributed by atoms with Crippen molar-refractivity contribution in [2.45, 2.75) is 0 Å². The van der Waals surface area contributed by atoms with E-state index in [9.17, 15) is 14.4 Å². The number of amidine groups is 1. The van der Waals surface area contributed by atoms with Gasteiger partial charge in [-0.2, -0.15) is 4.99 Å². The van der Waals surface area contributed by atoms with E-state index in [4.69, 9.17) is 0 Å². The number of nitrogens with zero attached hydrogens (tertiary/aromatic N) is 1. The minimum absolute atomic E-state index is 0.247. The van der Waals surface area contributed by atoms with Gasteiger partial charge in [0.1, 0.15) is 0 Å². The maximum absolute atomic E-state index is 11.8. The van der Waals surface area contributed by atoms with E-state index in [2.05, 4.69) is 15.0 Å². The van der Waals surface area contributed by atoms with E-state index in [1.54, 1.807) is 0 Å². The molecule has 0 radical (unpaired) electrons. The van der Waals surface area contributed by atoms with Crippen LogP contribution in [0.2, 0.25) is 0 Å². The van der Waals surface area contributed by atoms with E-state index >= 15 is 0 Å². The van der Waals surface area contributed by atoms with Crippen LogP contribution in [0.4, 0.5) is 0 Å². The third kappa shape index (κ3) is 3.19. The second-order valence-corrected chi connectivity index (χ2v) is 4.59. The SMILES string of the molecule is COC(=O)c1ccc(C(=O)NC2=NC(=O)CS2)cc1. The number of nitrogens with one attached hydrogen (secondary N) is 1. The molecule has 2 rings (SSSR count). The molecule has 1 heterocycles. The maximum atomic E-state index is 11.8. The van der Waals surface area contributed by atoms with Gasteiger partial charge in [0, 0.05) is 5.56 Å². The number of hydrogen-bond acceptors (Lipinski definition) is 5. The average Bonchev–Trinajstić information content (AvgIpc) is 2.83. The molecule has 0 unspecified atom stereocenters. The Hall–Kier alpha value is -2.15. The van der Waals surface area contributed by atoms with Crippen LogP contribution in [-0.4, -0.2) is 35.8 Å². The van der Waals surface area contributed by atoms with Crippen molar-refractivity contribution in [2.75, 3.05) is 12.9 Å². The van der Waals surface area contributed by atoms with Gasteiger partial charge in [-0.25, -0.2) is 4.79 Å². The Morgan fingerprint density at radius 3 is 2.42 bits per heavy atom. The van der Waals surface area contributed by atoms with Crippen molar-refractivity contribution >= 4 is 34.7 Å². The molecule has 7 heteroatoms. The monoisotopic (exact) mass is 278 g/mol. The fourth-order valence-corrected chi connectivity index (χ4v) is 2.07. The lowest BCUT2D eigenvalue weighted by Gasteiger charge is -2.04. The number of esters is 1. The van der Waals surface area contributed by atoms with Gasteiger partial charge >= 0.3 is 5.97 Å². The van der Waals surface area contributed by atoms with Crippen LogP contribution in [0, 0.1) is 0 Å². The summed E-state index contributed by atoms with van der Waals surface area (Å²) in [6.07, 6.45) is 0.